The Hall–Kier alpha value is -4.39. The van der Waals surface area contributed by atoms with Crippen LogP contribution in [0.25, 0.3) is 55.0 Å². The van der Waals surface area contributed by atoms with E-state index in [-0.39, 0.29) is 0 Å². The lowest BCUT2D eigenvalue weighted by atomic mass is 10.0. The van der Waals surface area contributed by atoms with E-state index in [1.165, 1.54) is 32.4 Å². The van der Waals surface area contributed by atoms with E-state index < -0.39 is 7.92 Å². The Balaban J connectivity index is 1.28. The van der Waals surface area contributed by atoms with Crippen LogP contribution in [0.1, 0.15) is 12.8 Å². The van der Waals surface area contributed by atoms with Gasteiger partial charge >= 0.3 is 0 Å². The van der Waals surface area contributed by atoms with Crippen LogP contribution >= 0.6 is 7.92 Å². The van der Waals surface area contributed by atoms with Crippen LogP contribution in [0.15, 0.2) is 142 Å². The van der Waals surface area contributed by atoms with Gasteiger partial charge in [-0.15, -0.1) is 0 Å². The standard InChI is InChI=1S/C36H25O2P/c1-3-9-26(10-4-1)39(27-11-5-2-6-12-27)28-17-20-36-32(23-28)31-22-25(16-19-35(31)38-36)24-15-18-34-30(21-24)29-13-7-8-14-33(29)37-34/h1,3-5,7-23H,2,6H2. The van der Waals surface area contributed by atoms with Crippen molar-refractivity contribution in [3.05, 3.63) is 133 Å². The summed E-state index contributed by atoms with van der Waals surface area (Å²) in [6, 6.07) is 38.9. The highest BCUT2D eigenvalue weighted by Crippen LogP contribution is 2.46. The van der Waals surface area contributed by atoms with Crippen molar-refractivity contribution < 1.29 is 8.83 Å². The van der Waals surface area contributed by atoms with Gasteiger partial charge in [0.05, 0.1) is 0 Å². The largest absolute Gasteiger partial charge is 0.456 e. The monoisotopic (exact) mass is 520 g/mol. The molecule has 0 amide bonds. The van der Waals surface area contributed by atoms with Crippen molar-refractivity contribution in [1.29, 1.82) is 0 Å². The van der Waals surface area contributed by atoms with Crippen LogP contribution in [0, 0.1) is 0 Å². The van der Waals surface area contributed by atoms with Crippen LogP contribution in [0.2, 0.25) is 0 Å². The number of benzene rings is 5. The summed E-state index contributed by atoms with van der Waals surface area (Å²) in [6.45, 7) is 0. The fourth-order valence-corrected chi connectivity index (χ4v) is 8.19. The summed E-state index contributed by atoms with van der Waals surface area (Å²) < 4.78 is 12.4. The summed E-state index contributed by atoms with van der Waals surface area (Å²) in [5.74, 6) is 0. The van der Waals surface area contributed by atoms with Gasteiger partial charge in [-0.05, 0) is 90.3 Å². The van der Waals surface area contributed by atoms with E-state index in [0.717, 1.165) is 51.3 Å². The molecule has 3 heteroatoms. The van der Waals surface area contributed by atoms with Gasteiger partial charge in [-0.2, -0.15) is 0 Å². The first-order valence-corrected chi connectivity index (χ1v) is 14.8. The maximum atomic E-state index is 6.31. The van der Waals surface area contributed by atoms with E-state index in [1.807, 2.05) is 12.1 Å². The number of fused-ring (bicyclic) bond motifs is 6. The molecule has 186 valence electrons. The summed E-state index contributed by atoms with van der Waals surface area (Å²) in [6.07, 6.45) is 9.29. The maximum absolute atomic E-state index is 6.31. The molecule has 0 N–H and O–H groups in total. The summed E-state index contributed by atoms with van der Waals surface area (Å²) in [7, 11) is -0.639. The number of hydrogen-bond donors (Lipinski definition) is 0. The minimum absolute atomic E-state index is 0.639. The number of para-hydroxylation sites is 1. The molecule has 39 heavy (non-hydrogen) atoms. The molecule has 5 aromatic carbocycles. The van der Waals surface area contributed by atoms with E-state index in [2.05, 4.69) is 115 Å². The lowest BCUT2D eigenvalue weighted by Crippen LogP contribution is -2.13. The highest BCUT2D eigenvalue weighted by molar-refractivity contribution is 7.77. The van der Waals surface area contributed by atoms with Gasteiger partial charge < -0.3 is 8.83 Å². The molecule has 0 spiro atoms. The molecule has 1 aliphatic carbocycles. The molecular weight excluding hydrogens is 495 g/mol. The lowest BCUT2D eigenvalue weighted by Gasteiger charge is -2.22. The predicted octanol–water partition coefficient (Wildman–Crippen LogP) is 9.82. The minimum atomic E-state index is -0.639. The van der Waals surface area contributed by atoms with Crippen molar-refractivity contribution in [3.8, 4) is 11.1 Å². The first-order valence-electron chi connectivity index (χ1n) is 13.4. The molecule has 0 saturated carbocycles. The topological polar surface area (TPSA) is 26.3 Å². The Kier molecular flexibility index (Phi) is 5.28. The van der Waals surface area contributed by atoms with Gasteiger partial charge in [0.2, 0.25) is 0 Å². The molecule has 8 rings (SSSR count). The van der Waals surface area contributed by atoms with Crippen molar-refractivity contribution >= 4 is 62.4 Å². The summed E-state index contributed by atoms with van der Waals surface area (Å²) in [5, 5.41) is 8.76. The van der Waals surface area contributed by atoms with Gasteiger partial charge in [0.1, 0.15) is 22.3 Å². The van der Waals surface area contributed by atoms with Gasteiger partial charge in [-0.25, -0.2) is 0 Å². The van der Waals surface area contributed by atoms with Gasteiger partial charge in [0.15, 0.2) is 0 Å². The van der Waals surface area contributed by atoms with E-state index in [1.54, 1.807) is 0 Å². The quantitative estimate of drug-likeness (QED) is 0.216. The zero-order valence-electron chi connectivity index (χ0n) is 21.3. The van der Waals surface area contributed by atoms with E-state index in [9.17, 15) is 0 Å². The van der Waals surface area contributed by atoms with Crippen molar-refractivity contribution in [2.24, 2.45) is 0 Å². The molecule has 1 atom stereocenters. The Bertz CT molecular complexity index is 2070. The summed E-state index contributed by atoms with van der Waals surface area (Å²) in [4.78, 5) is 0. The number of hydrogen-bond acceptors (Lipinski definition) is 2. The highest BCUT2D eigenvalue weighted by Gasteiger charge is 2.20. The second-order valence-electron chi connectivity index (χ2n) is 10.1. The Morgan fingerprint density at radius 1 is 0.487 bits per heavy atom. The van der Waals surface area contributed by atoms with E-state index in [0.29, 0.717) is 0 Å². The number of rotatable bonds is 4. The van der Waals surface area contributed by atoms with E-state index in [4.69, 9.17) is 8.83 Å². The van der Waals surface area contributed by atoms with Gasteiger partial charge in [-0.3, -0.25) is 0 Å². The molecule has 0 bridgehead atoms. The average Bonchev–Trinajstić information content (AvgIpc) is 3.55. The van der Waals surface area contributed by atoms with Crippen LogP contribution < -0.4 is 10.6 Å². The van der Waals surface area contributed by atoms with Crippen molar-refractivity contribution in [1.82, 2.24) is 0 Å². The van der Waals surface area contributed by atoms with Gasteiger partial charge in [0.25, 0.3) is 0 Å². The third-order valence-corrected chi connectivity index (χ3v) is 10.1. The number of furan rings is 2. The first kappa shape index (κ1) is 22.6. The zero-order chi connectivity index (χ0) is 25.8. The second kappa shape index (κ2) is 9.12. The smallest absolute Gasteiger partial charge is 0.135 e. The SMILES string of the molecule is C1=CC(P(c2ccccc2)c2ccc3oc4ccc(-c5ccc6oc7ccccc7c6c5)cc4c3c2)=CCC1. The Labute approximate surface area is 227 Å². The molecule has 1 unspecified atom stereocenters. The lowest BCUT2D eigenvalue weighted by molar-refractivity contribution is 0.668. The molecule has 2 heterocycles. The molecule has 2 aromatic heterocycles. The fraction of sp³-hybridized carbons (Fsp3) is 0.0556. The Morgan fingerprint density at radius 3 is 1.82 bits per heavy atom. The molecule has 0 fully saturated rings. The fourth-order valence-electron chi connectivity index (χ4n) is 5.78. The molecule has 0 saturated heterocycles. The van der Waals surface area contributed by atoms with Gasteiger partial charge in [0, 0.05) is 21.5 Å². The molecule has 1 aliphatic rings. The predicted molar refractivity (Wildman–Crippen MR) is 166 cm³/mol. The van der Waals surface area contributed by atoms with Crippen LogP contribution in [0.5, 0.6) is 0 Å². The summed E-state index contributed by atoms with van der Waals surface area (Å²) >= 11 is 0. The third kappa shape index (κ3) is 3.83. The van der Waals surface area contributed by atoms with Crippen LogP contribution in [0.3, 0.4) is 0 Å². The first-order chi connectivity index (χ1) is 19.3. The summed E-state index contributed by atoms with van der Waals surface area (Å²) in [5.41, 5.74) is 6.03. The van der Waals surface area contributed by atoms with Crippen molar-refractivity contribution in [2.45, 2.75) is 12.8 Å². The highest BCUT2D eigenvalue weighted by atomic mass is 31.1. The van der Waals surface area contributed by atoms with E-state index >= 15 is 0 Å². The number of allylic oxidation sites excluding steroid dienone is 4. The molecule has 2 nitrogen and oxygen atoms in total. The van der Waals surface area contributed by atoms with Crippen molar-refractivity contribution in [2.75, 3.05) is 0 Å². The average molecular weight is 521 g/mol. The van der Waals surface area contributed by atoms with Gasteiger partial charge in [-0.1, -0.05) is 85.0 Å². The normalized spacial score (nSPS) is 14.4. The molecule has 0 aliphatic heterocycles. The molecule has 0 radical (unpaired) electrons. The Morgan fingerprint density at radius 2 is 1.10 bits per heavy atom. The molecule has 7 aromatic rings. The molecular formula is C36H25O2P. The maximum Gasteiger partial charge on any atom is 0.135 e. The zero-order valence-corrected chi connectivity index (χ0v) is 22.2. The van der Waals surface area contributed by atoms with Crippen LogP contribution in [-0.2, 0) is 0 Å². The third-order valence-electron chi connectivity index (χ3n) is 7.67. The van der Waals surface area contributed by atoms with Crippen LogP contribution in [-0.4, -0.2) is 0 Å². The minimum Gasteiger partial charge on any atom is -0.456 e. The second-order valence-corrected chi connectivity index (χ2v) is 12.3. The van der Waals surface area contributed by atoms with Crippen molar-refractivity contribution in [3.63, 3.8) is 0 Å². The van der Waals surface area contributed by atoms with Crippen LogP contribution in [0.4, 0.5) is 0 Å².